The molecule has 0 aromatic carbocycles. The minimum Gasteiger partial charge on any atom is -0.457 e. The van der Waals surface area contributed by atoms with E-state index in [9.17, 15) is 18.0 Å². The van der Waals surface area contributed by atoms with Crippen LogP contribution in [0, 0.1) is 0 Å². The highest BCUT2D eigenvalue weighted by Crippen LogP contribution is 2.20. The second-order valence-corrected chi connectivity index (χ2v) is 10.3. The standard InChI is InChI=1S/C19H35NO7S/c1-14(16(21)25-18(2,3)4)15(27-28(9,23)24)12-10-11-13-20(8)17(22)26-19(5,6)7/h15H,1,10-13H2,2-9H3. The molecule has 0 aliphatic heterocycles. The van der Waals surface area contributed by atoms with Gasteiger partial charge in [-0.05, 0) is 60.8 Å². The van der Waals surface area contributed by atoms with Crippen molar-refractivity contribution in [3.63, 3.8) is 0 Å². The van der Waals surface area contributed by atoms with Gasteiger partial charge in [0.25, 0.3) is 10.1 Å². The number of hydrogen-bond acceptors (Lipinski definition) is 7. The first-order valence-corrected chi connectivity index (χ1v) is 11.0. The number of amides is 1. The lowest BCUT2D eigenvalue weighted by Gasteiger charge is -2.25. The Morgan fingerprint density at radius 2 is 1.50 bits per heavy atom. The molecule has 1 unspecified atom stereocenters. The second-order valence-electron chi connectivity index (χ2n) is 8.71. The van der Waals surface area contributed by atoms with E-state index in [1.54, 1.807) is 48.6 Å². The monoisotopic (exact) mass is 421 g/mol. The third-order valence-electron chi connectivity index (χ3n) is 3.26. The summed E-state index contributed by atoms with van der Waals surface area (Å²) in [6.07, 6.45) is 0.786. The maximum absolute atomic E-state index is 12.2. The van der Waals surface area contributed by atoms with Crippen LogP contribution in [0.15, 0.2) is 12.2 Å². The molecule has 0 spiro atoms. The van der Waals surface area contributed by atoms with Crippen LogP contribution in [-0.2, 0) is 28.6 Å². The van der Waals surface area contributed by atoms with Crippen molar-refractivity contribution in [1.82, 2.24) is 4.90 Å². The van der Waals surface area contributed by atoms with Crippen LogP contribution in [-0.4, -0.2) is 62.5 Å². The summed E-state index contributed by atoms with van der Waals surface area (Å²) in [6, 6.07) is 0. The molecule has 1 amide bonds. The molecule has 0 bridgehead atoms. The Balaban J connectivity index is 4.77. The molecular weight excluding hydrogens is 386 g/mol. The molecule has 0 aliphatic rings. The fourth-order valence-corrected chi connectivity index (χ4v) is 2.71. The number of carbonyl (C=O) groups excluding carboxylic acids is 2. The van der Waals surface area contributed by atoms with Gasteiger partial charge in [-0.1, -0.05) is 6.58 Å². The van der Waals surface area contributed by atoms with Gasteiger partial charge >= 0.3 is 12.1 Å². The van der Waals surface area contributed by atoms with Gasteiger partial charge in [-0.3, -0.25) is 4.18 Å². The summed E-state index contributed by atoms with van der Waals surface area (Å²) in [5, 5.41) is 0. The number of carbonyl (C=O) groups is 2. The van der Waals surface area contributed by atoms with E-state index in [0.29, 0.717) is 19.4 Å². The molecule has 9 heteroatoms. The van der Waals surface area contributed by atoms with Crippen molar-refractivity contribution in [1.29, 1.82) is 0 Å². The normalized spacial score (nSPS) is 13.6. The number of nitrogens with zero attached hydrogens (tertiary/aromatic N) is 1. The fraction of sp³-hybridized carbons (Fsp3) is 0.789. The molecule has 164 valence electrons. The number of unbranched alkanes of at least 4 members (excludes halogenated alkanes) is 1. The molecule has 0 N–H and O–H groups in total. The highest BCUT2D eigenvalue weighted by atomic mass is 32.2. The largest absolute Gasteiger partial charge is 0.457 e. The maximum Gasteiger partial charge on any atom is 0.410 e. The van der Waals surface area contributed by atoms with Gasteiger partial charge in [-0.25, -0.2) is 9.59 Å². The summed E-state index contributed by atoms with van der Waals surface area (Å²) >= 11 is 0. The Labute approximate surface area is 169 Å². The van der Waals surface area contributed by atoms with E-state index in [-0.39, 0.29) is 12.0 Å². The molecule has 1 atom stereocenters. The molecule has 0 fully saturated rings. The van der Waals surface area contributed by atoms with Crippen molar-refractivity contribution >= 4 is 22.2 Å². The molecule has 0 aromatic rings. The van der Waals surface area contributed by atoms with Crippen LogP contribution >= 0.6 is 0 Å². The van der Waals surface area contributed by atoms with Crippen molar-refractivity contribution in [3.8, 4) is 0 Å². The van der Waals surface area contributed by atoms with Gasteiger partial charge in [0.1, 0.15) is 17.3 Å². The number of rotatable bonds is 9. The summed E-state index contributed by atoms with van der Waals surface area (Å²) in [6.45, 7) is 14.5. The lowest BCUT2D eigenvalue weighted by atomic mass is 10.0. The third-order valence-corrected chi connectivity index (χ3v) is 3.84. The van der Waals surface area contributed by atoms with E-state index in [1.165, 1.54) is 4.90 Å². The van der Waals surface area contributed by atoms with Gasteiger partial charge in [0.2, 0.25) is 0 Å². The molecular formula is C19H35NO7S. The number of hydrogen-bond donors (Lipinski definition) is 0. The second kappa shape index (κ2) is 10.2. The Morgan fingerprint density at radius 1 is 1.00 bits per heavy atom. The predicted molar refractivity (Wildman–Crippen MR) is 107 cm³/mol. The van der Waals surface area contributed by atoms with E-state index in [4.69, 9.17) is 13.7 Å². The molecule has 0 heterocycles. The zero-order chi connectivity index (χ0) is 22.3. The average molecular weight is 422 g/mol. The van der Waals surface area contributed by atoms with E-state index in [1.807, 2.05) is 0 Å². The van der Waals surface area contributed by atoms with E-state index in [2.05, 4.69) is 6.58 Å². The SMILES string of the molecule is C=C(C(=O)OC(C)(C)C)C(CCCCN(C)C(=O)OC(C)(C)C)OS(C)(=O)=O. The van der Waals surface area contributed by atoms with E-state index >= 15 is 0 Å². The predicted octanol–water partition coefficient (Wildman–Crippen LogP) is 3.27. The zero-order valence-corrected chi connectivity index (χ0v) is 19.1. The average Bonchev–Trinajstić information content (AvgIpc) is 2.44. The lowest BCUT2D eigenvalue weighted by Crippen LogP contribution is -2.35. The van der Waals surface area contributed by atoms with Crippen LogP contribution in [0.2, 0.25) is 0 Å². The first-order valence-electron chi connectivity index (χ1n) is 9.16. The van der Waals surface area contributed by atoms with Gasteiger partial charge < -0.3 is 14.4 Å². The highest BCUT2D eigenvalue weighted by Gasteiger charge is 2.28. The summed E-state index contributed by atoms with van der Waals surface area (Å²) in [4.78, 5) is 25.6. The Kier molecular flexibility index (Phi) is 9.66. The third kappa shape index (κ3) is 12.7. The van der Waals surface area contributed by atoms with Crippen LogP contribution in [0.1, 0.15) is 60.8 Å². The minimum absolute atomic E-state index is 0.0548. The van der Waals surface area contributed by atoms with Gasteiger partial charge in [-0.2, -0.15) is 8.42 Å². The van der Waals surface area contributed by atoms with Crippen LogP contribution in [0.25, 0.3) is 0 Å². The maximum atomic E-state index is 12.2. The summed E-state index contributed by atoms with van der Waals surface area (Å²) < 4.78 is 38.6. The van der Waals surface area contributed by atoms with Crippen molar-refractivity contribution in [2.24, 2.45) is 0 Å². The molecule has 0 saturated carbocycles. The van der Waals surface area contributed by atoms with Crippen LogP contribution < -0.4 is 0 Å². The van der Waals surface area contributed by atoms with Gasteiger partial charge in [0.15, 0.2) is 0 Å². The number of ether oxygens (including phenoxy) is 2. The summed E-state index contributed by atoms with van der Waals surface area (Å²) in [5.74, 6) is -0.702. The Bertz CT molecular complexity index is 657. The number of esters is 1. The topological polar surface area (TPSA) is 99.2 Å². The fourth-order valence-electron chi connectivity index (χ4n) is 2.08. The Hall–Kier alpha value is -1.61. The van der Waals surface area contributed by atoms with E-state index < -0.39 is 39.5 Å². The van der Waals surface area contributed by atoms with Gasteiger partial charge in [0.05, 0.1) is 11.8 Å². The summed E-state index contributed by atoms with van der Waals surface area (Å²) in [5.41, 5.74) is -1.36. The van der Waals surface area contributed by atoms with Crippen molar-refractivity contribution < 1.29 is 31.7 Å². The molecule has 0 radical (unpaired) electrons. The van der Waals surface area contributed by atoms with Crippen LogP contribution in [0.4, 0.5) is 4.79 Å². The lowest BCUT2D eigenvalue weighted by molar-refractivity contribution is -0.150. The first kappa shape index (κ1) is 26.4. The van der Waals surface area contributed by atoms with E-state index in [0.717, 1.165) is 6.26 Å². The molecule has 0 saturated heterocycles. The van der Waals surface area contributed by atoms with Crippen molar-refractivity contribution in [3.05, 3.63) is 12.2 Å². The first-order chi connectivity index (χ1) is 12.4. The molecule has 0 aliphatic carbocycles. The minimum atomic E-state index is -3.79. The van der Waals surface area contributed by atoms with Crippen molar-refractivity contribution in [2.45, 2.75) is 78.1 Å². The molecule has 28 heavy (non-hydrogen) atoms. The van der Waals surface area contributed by atoms with Crippen LogP contribution in [0.5, 0.6) is 0 Å². The zero-order valence-electron chi connectivity index (χ0n) is 18.3. The quantitative estimate of drug-likeness (QED) is 0.244. The molecule has 0 rings (SSSR count). The van der Waals surface area contributed by atoms with Crippen LogP contribution in [0.3, 0.4) is 0 Å². The molecule has 0 aromatic heterocycles. The van der Waals surface area contributed by atoms with Gasteiger partial charge in [-0.15, -0.1) is 0 Å². The summed E-state index contributed by atoms with van der Waals surface area (Å²) in [7, 11) is -2.16. The molecule has 8 nitrogen and oxygen atoms in total. The highest BCUT2D eigenvalue weighted by molar-refractivity contribution is 7.86. The Morgan fingerprint density at radius 3 is 1.93 bits per heavy atom. The van der Waals surface area contributed by atoms with Crippen molar-refractivity contribution in [2.75, 3.05) is 19.8 Å². The van der Waals surface area contributed by atoms with Gasteiger partial charge in [0, 0.05) is 13.6 Å². The smallest absolute Gasteiger partial charge is 0.410 e.